The normalized spacial score (nSPS) is 16.8. The van der Waals surface area contributed by atoms with Gasteiger partial charge in [0.25, 0.3) is 0 Å². The van der Waals surface area contributed by atoms with Crippen LogP contribution < -0.4 is 4.74 Å². The molecule has 2 aromatic carbocycles. The van der Waals surface area contributed by atoms with Crippen LogP contribution in [0.5, 0.6) is 5.75 Å². The monoisotopic (exact) mass is 526 g/mol. The summed E-state index contributed by atoms with van der Waals surface area (Å²) in [5.74, 6) is 0.876. The maximum Gasteiger partial charge on any atom is 0.243 e. The van der Waals surface area contributed by atoms with Gasteiger partial charge in [-0.2, -0.15) is 4.31 Å². The van der Waals surface area contributed by atoms with Crippen molar-refractivity contribution in [3.8, 4) is 16.9 Å². The lowest BCUT2D eigenvalue weighted by atomic mass is 9.96. The summed E-state index contributed by atoms with van der Waals surface area (Å²) in [5.41, 5.74) is 3.25. The van der Waals surface area contributed by atoms with E-state index >= 15 is 0 Å². The number of benzene rings is 2. The smallest absolute Gasteiger partial charge is 0.243 e. The first-order valence-corrected chi connectivity index (χ1v) is 14.3. The summed E-state index contributed by atoms with van der Waals surface area (Å²) in [4.78, 5) is 4.63. The van der Waals surface area contributed by atoms with Gasteiger partial charge in [0, 0.05) is 41.6 Å². The molecule has 8 heteroatoms. The molecule has 2 saturated carbocycles. The van der Waals surface area contributed by atoms with Crippen LogP contribution in [0.15, 0.2) is 65.8 Å². The van der Waals surface area contributed by atoms with Gasteiger partial charge in [-0.1, -0.05) is 43.6 Å². The van der Waals surface area contributed by atoms with Crippen LogP contribution in [0.4, 0.5) is 0 Å². The third-order valence-corrected chi connectivity index (χ3v) is 9.29. The van der Waals surface area contributed by atoms with Crippen molar-refractivity contribution in [1.82, 2.24) is 9.29 Å². The van der Waals surface area contributed by atoms with Crippen molar-refractivity contribution in [2.24, 2.45) is 0 Å². The number of sulfonamides is 1. The van der Waals surface area contributed by atoms with Crippen molar-refractivity contribution in [2.45, 2.75) is 62.7 Å². The first-order valence-electron chi connectivity index (χ1n) is 12.5. The maximum absolute atomic E-state index is 13.0. The lowest BCUT2D eigenvalue weighted by molar-refractivity contribution is 0.0173. The zero-order chi connectivity index (χ0) is 25.3. The van der Waals surface area contributed by atoms with Gasteiger partial charge in [0.2, 0.25) is 10.0 Å². The molecule has 2 aliphatic carbocycles. The Balaban J connectivity index is 1.42. The van der Waals surface area contributed by atoms with Crippen LogP contribution in [0.2, 0.25) is 5.02 Å². The molecule has 1 aromatic heterocycles. The number of rotatable bonds is 11. The summed E-state index contributed by atoms with van der Waals surface area (Å²) in [6.45, 7) is 4.68. The number of halogens is 1. The van der Waals surface area contributed by atoms with Crippen molar-refractivity contribution in [3.63, 3.8) is 0 Å². The molecule has 36 heavy (non-hydrogen) atoms. The van der Waals surface area contributed by atoms with Gasteiger partial charge in [-0.15, -0.1) is 0 Å². The fraction of sp³-hybridized carbons (Fsp3) is 0.393. The topological polar surface area (TPSA) is 68.7 Å². The van der Waals surface area contributed by atoms with E-state index in [1.807, 2.05) is 44.3 Å². The second-order valence-electron chi connectivity index (χ2n) is 9.36. The molecule has 5 rings (SSSR count). The van der Waals surface area contributed by atoms with E-state index in [9.17, 15) is 8.42 Å². The van der Waals surface area contributed by atoms with Crippen molar-refractivity contribution < 1.29 is 17.9 Å². The van der Waals surface area contributed by atoms with Crippen LogP contribution in [-0.4, -0.2) is 36.9 Å². The highest BCUT2D eigenvalue weighted by molar-refractivity contribution is 7.89. The van der Waals surface area contributed by atoms with Gasteiger partial charge in [0.05, 0.1) is 23.2 Å². The average Bonchev–Trinajstić information content (AvgIpc) is 3.82. The minimum Gasteiger partial charge on any atom is -0.490 e. The highest BCUT2D eigenvalue weighted by Gasteiger charge is 2.48. The van der Waals surface area contributed by atoms with Gasteiger partial charge in [0.1, 0.15) is 5.75 Å². The molecule has 0 amide bonds. The Labute approximate surface area is 218 Å². The molecule has 0 radical (unpaired) electrons. The number of para-hydroxylation sites is 1. The number of aromatic nitrogens is 1. The number of hydrogen-bond donors (Lipinski definition) is 0. The molecule has 0 bridgehead atoms. The van der Waals surface area contributed by atoms with E-state index in [0.717, 1.165) is 48.1 Å². The van der Waals surface area contributed by atoms with E-state index in [1.54, 1.807) is 24.4 Å². The fourth-order valence-electron chi connectivity index (χ4n) is 4.51. The first-order chi connectivity index (χ1) is 17.4. The maximum atomic E-state index is 13.0. The van der Waals surface area contributed by atoms with Crippen LogP contribution in [0.1, 0.15) is 50.7 Å². The van der Waals surface area contributed by atoms with E-state index < -0.39 is 15.6 Å². The van der Waals surface area contributed by atoms with E-state index in [2.05, 4.69) is 11.1 Å². The highest BCUT2D eigenvalue weighted by atomic mass is 35.5. The molecule has 2 aliphatic rings. The molecule has 0 N–H and O–H groups in total. The minimum atomic E-state index is -3.59. The van der Waals surface area contributed by atoms with Gasteiger partial charge in [0.15, 0.2) is 0 Å². The summed E-state index contributed by atoms with van der Waals surface area (Å²) in [6.07, 6.45) is 7.85. The average molecular weight is 527 g/mol. The third-order valence-electron chi connectivity index (χ3n) is 6.88. The molecule has 3 aromatic rings. The number of hydrogen-bond acceptors (Lipinski definition) is 5. The first kappa shape index (κ1) is 25.2. The Morgan fingerprint density at radius 2 is 1.81 bits per heavy atom. The molecule has 190 valence electrons. The molecule has 1 heterocycles. The highest BCUT2D eigenvalue weighted by Crippen LogP contribution is 2.53. The lowest BCUT2D eigenvalue weighted by Crippen LogP contribution is -2.30. The summed E-state index contributed by atoms with van der Waals surface area (Å²) >= 11 is 6.47. The quantitative estimate of drug-likeness (QED) is 0.298. The van der Waals surface area contributed by atoms with E-state index in [4.69, 9.17) is 21.1 Å². The molecule has 2 fully saturated rings. The second kappa shape index (κ2) is 10.1. The summed E-state index contributed by atoms with van der Waals surface area (Å²) < 4.78 is 40.2. The van der Waals surface area contributed by atoms with E-state index in [-0.39, 0.29) is 11.5 Å². The Morgan fingerprint density at radius 1 is 1.06 bits per heavy atom. The van der Waals surface area contributed by atoms with Crippen LogP contribution in [0.3, 0.4) is 0 Å². The Morgan fingerprint density at radius 3 is 2.50 bits per heavy atom. The zero-order valence-electron chi connectivity index (χ0n) is 20.6. The van der Waals surface area contributed by atoms with Crippen LogP contribution in [-0.2, 0) is 27.0 Å². The predicted molar refractivity (Wildman–Crippen MR) is 141 cm³/mol. The Kier molecular flexibility index (Phi) is 7.10. The Bertz CT molecular complexity index is 1350. The largest absolute Gasteiger partial charge is 0.490 e. The van der Waals surface area contributed by atoms with Crippen molar-refractivity contribution >= 4 is 21.6 Å². The van der Waals surface area contributed by atoms with Gasteiger partial charge in [-0.25, -0.2) is 8.42 Å². The summed E-state index contributed by atoms with van der Waals surface area (Å²) in [6, 6.07) is 14.9. The SMILES string of the molecule is CCN(CC)S(=O)(=O)c1ccc(Cl)c(COC2(c3cnccc3-c3ccccc3OC3CC3)CC2)c1. The van der Waals surface area contributed by atoms with E-state index in [1.165, 1.54) is 4.31 Å². The molecule has 0 saturated heterocycles. The molecule has 0 spiro atoms. The van der Waals surface area contributed by atoms with Crippen LogP contribution >= 0.6 is 11.6 Å². The summed E-state index contributed by atoms with van der Waals surface area (Å²) in [7, 11) is -3.59. The van der Waals surface area contributed by atoms with E-state index in [0.29, 0.717) is 29.8 Å². The standard InChI is InChI=1S/C28H31ClN2O4S/c1-3-31(4-2)36(32,33)22-11-12-26(29)20(17-22)19-34-28(14-15-28)25-18-30-16-13-23(25)24-7-5-6-8-27(24)35-21-9-10-21/h5-8,11-13,16-18,21H,3-4,9-10,14-15,19H2,1-2H3. The second-order valence-corrected chi connectivity index (χ2v) is 11.7. The number of ether oxygens (including phenoxy) is 2. The molecular formula is C28H31ClN2O4S. The summed E-state index contributed by atoms with van der Waals surface area (Å²) in [5, 5.41) is 0.485. The van der Waals surface area contributed by atoms with Crippen molar-refractivity contribution in [1.29, 1.82) is 0 Å². The Hall–Kier alpha value is -2.45. The minimum absolute atomic E-state index is 0.203. The van der Waals surface area contributed by atoms with Gasteiger partial charge in [-0.05, 0) is 67.1 Å². The van der Waals surface area contributed by atoms with Gasteiger partial charge >= 0.3 is 0 Å². The van der Waals surface area contributed by atoms with Crippen molar-refractivity contribution in [2.75, 3.05) is 13.1 Å². The predicted octanol–water partition coefficient (Wildman–Crippen LogP) is 6.18. The van der Waals surface area contributed by atoms with Gasteiger partial charge < -0.3 is 9.47 Å². The zero-order valence-corrected chi connectivity index (χ0v) is 22.2. The molecule has 0 aliphatic heterocycles. The third kappa shape index (κ3) is 5.02. The van der Waals surface area contributed by atoms with Crippen LogP contribution in [0, 0.1) is 0 Å². The molecule has 6 nitrogen and oxygen atoms in total. The number of nitrogens with zero attached hydrogens (tertiary/aromatic N) is 2. The molecular weight excluding hydrogens is 496 g/mol. The van der Waals surface area contributed by atoms with Gasteiger partial charge in [-0.3, -0.25) is 4.98 Å². The molecule has 0 unspecified atom stereocenters. The molecule has 0 atom stereocenters. The van der Waals surface area contributed by atoms with Crippen molar-refractivity contribution in [3.05, 3.63) is 77.1 Å². The van der Waals surface area contributed by atoms with Crippen LogP contribution in [0.25, 0.3) is 11.1 Å². The number of pyridine rings is 1. The fourth-order valence-corrected chi connectivity index (χ4v) is 6.19. The lowest BCUT2D eigenvalue weighted by Gasteiger charge is -2.22.